The van der Waals surface area contributed by atoms with Gasteiger partial charge in [-0.25, -0.2) is 4.98 Å². The van der Waals surface area contributed by atoms with E-state index >= 15 is 0 Å². The number of methoxy groups -OCH3 is 1. The number of aryl methyl sites for hydroxylation is 2. The fourth-order valence-electron chi connectivity index (χ4n) is 1.68. The Kier molecular flexibility index (Phi) is 4.69. The summed E-state index contributed by atoms with van der Waals surface area (Å²) in [6.45, 7) is 4.48. The van der Waals surface area contributed by atoms with Gasteiger partial charge in [-0.3, -0.25) is 4.79 Å². The molecule has 0 fully saturated rings. The molecule has 0 aliphatic heterocycles. The number of hydrogen-bond donors (Lipinski definition) is 1. The summed E-state index contributed by atoms with van der Waals surface area (Å²) < 4.78 is 6.71. The molecule has 96 valence electrons. The van der Waals surface area contributed by atoms with Crippen LogP contribution in [0.15, 0.2) is 12.4 Å². The molecule has 1 heterocycles. The molecule has 2 N–H and O–H groups in total. The van der Waals surface area contributed by atoms with Gasteiger partial charge in [-0.05, 0) is 19.8 Å². The van der Waals surface area contributed by atoms with Crippen molar-refractivity contribution < 1.29 is 9.53 Å². The lowest BCUT2D eigenvalue weighted by atomic mass is 10.00. The maximum atomic E-state index is 11.4. The third-order valence-corrected chi connectivity index (χ3v) is 2.80. The van der Waals surface area contributed by atoms with Gasteiger partial charge in [0.05, 0.1) is 7.11 Å². The molecule has 0 aliphatic carbocycles. The number of hydrogen-bond acceptors (Lipinski definition) is 4. The van der Waals surface area contributed by atoms with E-state index in [9.17, 15) is 4.79 Å². The van der Waals surface area contributed by atoms with Crippen molar-refractivity contribution in [2.24, 2.45) is 5.73 Å². The molecule has 1 aromatic rings. The first-order chi connectivity index (χ1) is 8.01. The van der Waals surface area contributed by atoms with Crippen molar-refractivity contribution in [2.45, 2.75) is 45.2 Å². The van der Waals surface area contributed by atoms with Gasteiger partial charge in [0, 0.05) is 25.4 Å². The highest BCUT2D eigenvalue weighted by atomic mass is 16.5. The molecule has 5 heteroatoms. The standard InChI is InChI=1S/C12H21N3O2/c1-4-5-10-14-7-9-15(10)8-6-12(2,13)11(16)17-3/h7,9H,4-6,8,13H2,1-3H3. The van der Waals surface area contributed by atoms with Gasteiger partial charge in [-0.15, -0.1) is 0 Å². The number of aromatic nitrogens is 2. The van der Waals surface area contributed by atoms with Gasteiger partial charge in [0.1, 0.15) is 11.4 Å². The fraction of sp³-hybridized carbons (Fsp3) is 0.667. The summed E-state index contributed by atoms with van der Waals surface area (Å²) in [5, 5.41) is 0. The summed E-state index contributed by atoms with van der Waals surface area (Å²) in [6.07, 6.45) is 6.21. The number of esters is 1. The number of carbonyl (C=O) groups excluding carboxylic acids is 1. The predicted octanol–water partition coefficient (Wildman–Crippen LogP) is 1.12. The van der Waals surface area contributed by atoms with Crippen molar-refractivity contribution in [3.8, 4) is 0 Å². The maximum absolute atomic E-state index is 11.4. The summed E-state index contributed by atoms with van der Waals surface area (Å²) in [5.41, 5.74) is 4.96. The molecule has 1 unspecified atom stereocenters. The molecule has 1 rings (SSSR count). The molecule has 0 saturated heterocycles. The first kappa shape index (κ1) is 13.7. The summed E-state index contributed by atoms with van der Waals surface area (Å²) >= 11 is 0. The van der Waals surface area contributed by atoms with Crippen molar-refractivity contribution in [3.63, 3.8) is 0 Å². The minimum atomic E-state index is -0.942. The number of nitrogens with two attached hydrogens (primary N) is 1. The van der Waals surface area contributed by atoms with Crippen LogP contribution in [0.4, 0.5) is 0 Å². The summed E-state index contributed by atoms with van der Waals surface area (Å²) in [4.78, 5) is 15.7. The number of nitrogens with zero attached hydrogens (tertiary/aromatic N) is 2. The SMILES string of the molecule is CCCc1nccn1CCC(C)(N)C(=O)OC. The van der Waals surface area contributed by atoms with E-state index in [0.29, 0.717) is 13.0 Å². The van der Waals surface area contributed by atoms with Crippen LogP contribution in [-0.2, 0) is 22.5 Å². The van der Waals surface area contributed by atoms with Crippen LogP contribution in [-0.4, -0.2) is 28.2 Å². The Bertz CT molecular complexity index is 372. The van der Waals surface area contributed by atoms with Crippen LogP contribution in [0, 0.1) is 0 Å². The lowest BCUT2D eigenvalue weighted by Gasteiger charge is -2.21. The third kappa shape index (κ3) is 3.56. The molecule has 17 heavy (non-hydrogen) atoms. The van der Waals surface area contributed by atoms with Crippen LogP contribution in [0.5, 0.6) is 0 Å². The van der Waals surface area contributed by atoms with E-state index in [-0.39, 0.29) is 5.97 Å². The van der Waals surface area contributed by atoms with Gasteiger partial charge in [0.15, 0.2) is 0 Å². The number of imidazole rings is 1. The Morgan fingerprint density at radius 2 is 2.35 bits per heavy atom. The van der Waals surface area contributed by atoms with E-state index in [2.05, 4.69) is 16.6 Å². The average molecular weight is 239 g/mol. The maximum Gasteiger partial charge on any atom is 0.325 e. The Balaban J connectivity index is 2.60. The minimum Gasteiger partial charge on any atom is -0.468 e. The van der Waals surface area contributed by atoms with Gasteiger partial charge in [0.25, 0.3) is 0 Å². The summed E-state index contributed by atoms with van der Waals surface area (Å²) in [5.74, 6) is 0.655. The van der Waals surface area contributed by atoms with Gasteiger partial charge < -0.3 is 15.0 Å². The second-order valence-electron chi connectivity index (χ2n) is 4.45. The van der Waals surface area contributed by atoms with E-state index < -0.39 is 5.54 Å². The molecule has 1 atom stereocenters. The first-order valence-electron chi connectivity index (χ1n) is 5.88. The average Bonchev–Trinajstić information content (AvgIpc) is 2.73. The largest absolute Gasteiger partial charge is 0.468 e. The van der Waals surface area contributed by atoms with Crippen molar-refractivity contribution >= 4 is 5.97 Å². The topological polar surface area (TPSA) is 70.1 Å². The molecular weight excluding hydrogens is 218 g/mol. The van der Waals surface area contributed by atoms with Crippen molar-refractivity contribution in [1.29, 1.82) is 0 Å². The van der Waals surface area contributed by atoms with Crippen LogP contribution in [0.1, 0.15) is 32.5 Å². The molecule has 0 saturated carbocycles. The Morgan fingerprint density at radius 3 is 2.94 bits per heavy atom. The number of ether oxygens (including phenoxy) is 1. The van der Waals surface area contributed by atoms with Gasteiger partial charge in [-0.2, -0.15) is 0 Å². The Hall–Kier alpha value is -1.36. The molecule has 1 aromatic heterocycles. The molecule has 0 spiro atoms. The van der Waals surface area contributed by atoms with Gasteiger partial charge in [0.2, 0.25) is 0 Å². The zero-order valence-electron chi connectivity index (χ0n) is 10.8. The molecule has 0 bridgehead atoms. The van der Waals surface area contributed by atoms with Crippen molar-refractivity contribution in [1.82, 2.24) is 9.55 Å². The van der Waals surface area contributed by atoms with Crippen molar-refractivity contribution in [2.75, 3.05) is 7.11 Å². The van der Waals surface area contributed by atoms with E-state index in [0.717, 1.165) is 18.7 Å². The van der Waals surface area contributed by atoms with E-state index in [1.165, 1.54) is 7.11 Å². The minimum absolute atomic E-state index is 0.380. The highest BCUT2D eigenvalue weighted by Gasteiger charge is 2.29. The van der Waals surface area contributed by atoms with E-state index in [4.69, 9.17) is 5.73 Å². The van der Waals surface area contributed by atoms with E-state index in [1.807, 2.05) is 10.8 Å². The Morgan fingerprint density at radius 1 is 1.65 bits per heavy atom. The monoisotopic (exact) mass is 239 g/mol. The van der Waals surface area contributed by atoms with Gasteiger partial charge in [-0.1, -0.05) is 6.92 Å². The summed E-state index contributed by atoms with van der Waals surface area (Å²) in [6, 6.07) is 0. The number of rotatable bonds is 6. The van der Waals surface area contributed by atoms with Crippen molar-refractivity contribution in [3.05, 3.63) is 18.2 Å². The molecule has 0 radical (unpaired) electrons. The second kappa shape index (κ2) is 5.82. The predicted molar refractivity (Wildman–Crippen MR) is 65.4 cm³/mol. The zero-order chi connectivity index (χ0) is 12.9. The first-order valence-corrected chi connectivity index (χ1v) is 5.88. The van der Waals surface area contributed by atoms with Crippen LogP contribution in [0.3, 0.4) is 0 Å². The molecular formula is C12H21N3O2. The highest BCUT2D eigenvalue weighted by Crippen LogP contribution is 2.11. The van der Waals surface area contributed by atoms with Crippen LogP contribution in [0.2, 0.25) is 0 Å². The lowest BCUT2D eigenvalue weighted by Crippen LogP contribution is -2.46. The van der Waals surface area contributed by atoms with Crippen LogP contribution < -0.4 is 5.73 Å². The number of carbonyl (C=O) groups is 1. The van der Waals surface area contributed by atoms with Crippen LogP contribution >= 0.6 is 0 Å². The van der Waals surface area contributed by atoms with E-state index in [1.54, 1.807) is 13.1 Å². The molecule has 0 aromatic carbocycles. The fourth-order valence-corrected chi connectivity index (χ4v) is 1.68. The third-order valence-electron chi connectivity index (χ3n) is 2.80. The highest BCUT2D eigenvalue weighted by molar-refractivity contribution is 5.79. The van der Waals surface area contributed by atoms with Crippen LogP contribution in [0.25, 0.3) is 0 Å². The second-order valence-corrected chi connectivity index (χ2v) is 4.45. The zero-order valence-corrected chi connectivity index (χ0v) is 10.8. The smallest absolute Gasteiger partial charge is 0.325 e. The molecule has 5 nitrogen and oxygen atoms in total. The lowest BCUT2D eigenvalue weighted by molar-refractivity contribution is -0.146. The summed E-state index contributed by atoms with van der Waals surface area (Å²) in [7, 11) is 1.35. The van der Waals surface area contributed by atoms with Gasteiger partial charge >= 0.3 is 5.97 Å². The normalized spacial score (nSPS) is 14.4. The molecule has 0 aliphatic rings. The Labute approximate surface area is 102 Å². The molecule has 0 amide bonds. The quantitative estimate of drug-likeness (QED) is 0.755.